The minimum absolute atomic E-state index is 0.0879. The topological polar surface area (TPSA) is 145 Å². The molecule has 2 aliphatic rings. The zero-order valence-electron chi connectivity index (χ0n) is 23.7. The van der Waals surface area contributed by atoms with Gasteiger partial charge in [0.15, 0.2) is 0 Å². The van der Waals surface area contributed by atoms with Crippen LogP contribution in [0.4, 0.5) is 10.5 Å². The zero-order valence-corrected chi connectivity index (χ0v) is 25.4. The number of nitrogens with zero attached hydrogens (tertiary/aromatic N) is 2. The number of carbonyl (C=O) groups excluding carboxylic acids is 4. The van der Waals surface area contributed by atoms with Gasteiger partial charge in [0.2, 0.25) is 11.8 Å². The van der Waals surface area contributed by atoms with Crippen LogP contribution in [0.5, 0.6) is 0 Å². The number of allylic oxidation sites excluding steroid dienone is 1. The normalized spacial score (nSPS) is 16.7. The van der Waals surface area contributed by atoms with Gasteiger partial charge in [0.05, 0.1) is 0 Å². The smallest absolute Gasteiger partial charge is 0.411 e. The van der Waals surface area contributed by atoms with Gasteiger partial charge in [-0.15, -0.1) is 0 Å². The van der Waals surface area contributed by atoms with Crippen LogP contribution in [0, 0.1) is 0 Å². The van der Waals surface area contributed by atoms with Crippen molar-refractivity contribution >= 4 is 57.1 Å². The molecule has 3 N–H and O–H groups in total. The highest BCUT2D eigenvalue weighted by molar-refractivity contribution is 8.76. The van der Waals surface area contributed by atoms with Crippen LogP contribution in [0.2, 0.25) is 0 Å². The lowest BCUT2D eigenvalue weighted by Gasteiger charge is -2.31. The average Bonchev–Trinajstić information content (AvgIpc) is 3.29. The van der Waals surface area contributed by atoms with Crippen molar-refractivity contribution in [3.05, 3.63) is 77.5 Å². The van der Waals surface area contributed by atoms with Gasteiger partial charge in [-0.05, 0) is 30.5 Å². The standard InChI is InChI=1S/C30H34N4O7S2/c1-19-11-12-25(28(38)31-19)34-17-23-22(29(34)39)9-6-10-24(23)32-30(40)41-13-14-42-43-20(2)15-26(35)33(18-27(36)37)16-21-7-4-3-5-8-21/h3-10,20,25H,1,11-18H2,2H3,(H,31,38)(H,32,40)(H,36,37)/t20-,25?/m1/s1. The third-order valence-electron chi connectivity index (χ3n) is 6.92. The molecule has 0 aromatic heterocycles. The SMILES string of the molecule is C=C1CCC(N2Cc3c(NC(=O)OCCSS[C@H](C)CC(=O)N(CC(=O)O)Cc4ccccc4)cccc3C2=O)C(=O)N1. The Hall–Kier alpha value is -3.97. The van der Waals surface area contributed by atoms with Crippen LogP contribution in [0.15, 0.2) is 60.8 Å². The molecular formula is C30H34N4O7S2. The summed E-state index contributed by atoms with van der Waals surface area (Å²) in [6.07, 6.45) is 0.596. The Morgan fingerprint density at radius 2 is 1.95 bits per heavy atom. The maximum atomic E-state index is 13.0. The minimum Gasteiger partial charge on any atom is -0.480 e. The van der Waals surface area contributed by atoms with Crippen molar-refractivity contribution in [2.45, 2.75) is 50.6 Å². The number of rotatable bonds is 13. The fraction of sp³-hybridized carbons (Fsp3) is 0.367. The molecule has 2 aromatic carbocycles. The predicted molar refractivity (Wildman–Crippen MR) is 165 cm³/mol. The van der Waals surface area contributed by atoms with Gasteiger partial charge >= 0.3 is 12.1 Å². The van der Waals surface area contributed by atoms with Gasteiger partial charge in [-0.25, -0.2) is 4.79 Å². The van der Waals surface area contributed by atoms with Gasteiger partial charge in [0.25, 0.3) is 5.91 Å². The van der Waals surface area contributed by atoms with Crippen molar-refractivity contribution in [1.82, 2.24) is 15.1 Å². The van der Waals surface area contributed by atoms with E-state index < -0.39 is 18.1 Å². The fourth-order valence-electron chi connectivity index (χ4n) is 4.87. The molecule has 1 saturated heterocycles. The summed E-state index contributed by atoms with van der Waals surface area (Å²) in [6, 6.07) is 13.7. The lowest BCUT2D eigenvalue weighted by Crippen LogP contribution is -2.49. The molecule has 0 radical (unpaired) electrons. The van der Waals surface area contributed by atoms with Crippen LogP contribution < -0.4 is 10.6 Å². The van der Waals surface area contributed by atoms with Crippen LogP contribution in [0.25, 0.3) is 0 Å². The maximum absolute atomic E-state index is 13.0. The summed E-state index contributed by atoms with van der Waals surface area (Å²) < 4.78 is 5.32. The molecule has 2 aromatic rings. The molecule has 2 aliphatic heterocycles. The Morgan fingerprint density at radius 3 is 2.67 bits per heavy atom. The Labute approximate surface area is 257 Å². The number of hydrogen-bond donors (Lipinski definition) is 3. The number of hydrogen-bond acceptors (Lipinski definition) is 8. The van der Waals surface area contributed by atoms with Crippen molar-refractivity contribution in [3.63, 3.8) is 0 Å². The molecule has 0 bridgehead atoms. The molecule has 0 saturated carbocycles. The quantitative estimate of drug-likeness (QED) is 0.219. The Morgan fingerprint density at radius 1 is 1.19 bits per heavy atom. The molecule has 2 heterocycles. The van der Waals surface area contributed by atoms with E-state index in [1.54, 1.807) is 18.2 Å². The highest BCUT2D eigenvalue weighted by Gasteiger charge is 2.39. The van der Waals surface area contributed by atoms with E-state index in [1.165, 1.54) is 31.4 Å². The minimum atomic E-state index is -1.07. The lowest BCUT2D eigenvalue weighted by molar-refractivity contribution is -0.144. The summed E-state index contributed by atoms with van der Waals surface area (Å²) in [5.74, 6) is -1.36. The van der Waals surface area contributed by atoms with E-state index in [4.69, 9.17) is 4.74 Å². The number of carboxylic acids is 1. The molecule has 228 valence electrons. The number of fused-ring (bicyclic) bond motifs is 1. The Bertz CT molecular complexity index is 1390. The average molecular weight is 627 g/mol. The molecule has 11 nitrogen and oxygen atoms in total. The molecule has 0 aliphatic carbocycles. The van der Waals surface area contributed by atoms with Gasteiger partial charge < -0.3 is 25.0 Å². The second-order valence-electron chi connectivity index (χ2n) is 10.2. The van der Waals surface area contributed by atoms with E-state index in [-0.39, 0.29) is 55.6 Å². The van der Waals surface area contributed by atoms with Crippen molar-refractivity contribution in [1.29, 1.82) is 0 Å². The second kappa shape index (κ2) is 15.0. The Balaban J connectivity index is 1.19. The molecule has 43 heavy (non-hydrogen) atoms. The van der Waals surface area contributed by atoms with Crippen LogP contribution in [0.3, 0.4) is 0 Å². The summed E-state index contributed by atoms with van der Waals surface area (Å²) in [5.41, 5.74) is 3.02. The summed E-state index contributed by atoms with van der Waals surface area (Å²) in [4.78, 5) is 64.9. The van der Waals surface area contributed by atoms with Crippen LogP contribution in [-0.2, 0) is 32.2 Å². The van der Waals surface area contributed by atoms with Gasteiger partial charge in [0.1, 0.15) is 19.2 Å². The van der Waals surface area contributed by atoms with E-state index in [0.717, 1.165) is 5.56 Å². The number of benzene rings is 2. The summed E-state index contributed by atoms with van der Waals surface area (Å²) in [5, 5.41) is 14.6. The van der Waals surface area contributed by atoms with E-state index in [0.29, 0.717) is 41.1 Å². The number of nitrogens with one attached hydrogen (secondary N) is 2. The van der Waals surface area contributed by atoms with Crippen LogP contribution in [0.1, 0.15) is 47.7 Å². The fourth-order valence-corrected chi connectivity index (χ4v) is 6.95. The number of carbonyl (C=O) groups is 5. The van der Waals surface area contributed by atoms with Crippen LogP contribution >= 0.6 is 21.6 Å². The third-order valence-corrected chi connectivity index (χ3v) is 9.78. The lowest BCUT2D eigenvalue weighted by atomic mass is 10.0. The third kappa shape index (κ3) is 8.77. The highest BCUT2D eigenvalue weighted by Crippen LogP contribution is 2.33. The van der Waals surface area contributed by atoms with Gasteiger partial charge in [-0.1, -0.05) is 71.5 Å². The number of anilines is 1. The maximum Gasteiger partial charge on any atom is 0.411 e. The number of amides is 4. The highest BCUT2D eigenvalue weighted by atomic mass is 33.1. The molecule has 1 fully saturated rings. The van der Waals surface area contributed by atoms with Crippen molar-refractivity contribution < 1.29 is 33.8 Å². The van der Waals surface area contributed by atoms with E-state index in [9.17, 15) is 29.1 Å². The summed E-state index contributed by atoms with van der Waals surface area (Å²) >= 11 is 0. The number of ether oxygens (including phenoxy) is 1. The van der Waals surface area contributed by atoms with Crippen molar-refractivity contribution in [3.8, 4) is 0 Å². The molecule has 0 spiro atoms. The molecular weight excluding hydrogens is 592 g/mol. The first-order valence-electron chi connectivity index (χ1n) is 13.8. The number of carboxylic acid groups (broad SMARTS) is 1. The first kappa shape index (κ1) is 32.0. The largest absolute Gasteiger partial charge is 0.480 e. The van der Waals surface area contributed by atoms with E-state index in [1.807, 2.05) is 37.3 Å². The van der Waals surface area contributed by atoms with Gasteiger partial charge in [-0.3, -0.25) is 24.5 Å². The van der Waals surface area contributed by atoms with E-state index in [2.05, 4.69) is 17.2 Å². The number of aliphatic carboxylic acids is 1. The Kier molecular flexibility index (Phi) is 11.1. The second-order valence-corrected chi connectivity index (χ2v) is 13.2. The van der Waals surface area contributed by atoms with Crippen molar-refractivity contribution in [2.75, 3.05) is 24.2 Å². The first-order chi connectivity index (χ1) is 20.6. The molecule has 4 rings (SSSR count). The predicted octanol–water partition coefficient (Wildman–Crippen LogP) is 4.26. The molecule has 13 heteroatoms. The molecule has 1 unspecified atom stereocenters. The van der Waals surface area contributed by atoms with Gasteiger partial charge in [0, 0.05) is 53.0 Å². The summed E-state index contributed by atoms with van der Waals surface area (Å²) in [7, 11) is 2.91. The van der Waals surface area contributed by atoms with Crippen molar-refractivity contribution in [2.24, 2.45) is 0 Å². The number of piperidine rings is 1. The van der Waals surface area contributed by atoms with E-state index >= 15 is 0 Å². The molecule has 4 amide bonds. The monoisotopic (exact) mass is 626 g/mol. The first-order valence-corrected chi connectivity index (χ1v) is 16.2. The van der Waals surface area contributed by atoms with Crippen LogP contribution in [-0.4, -0.2) is 74.9 Å². The molecule has 2 atom stereocenters. The summed E-state index contributed by atoms with van der Waals surface area (Å²) in [6.45, 7) is 5.84. The van der Waals surface area contributed by atoms with Gasteiger partial charge in [-0.2, -0.15) is 0 Å². The zero-order chi connectivity index (χ0) is 30.9.